The van der Waals surface area contributed by atoms with Crippen molar-refractivity contribution in [2.75, 3.05) is 6.54 Å². The summed E-state index contributed by atoms with van der Waals surface area (Å²) in [6.07, 6.45) is 37.5. The largest absolute Gasteiger partial charge is 2.00 e. The molecular weight excluding hydrogens is 886 g/mol. The Morgan fingerprint density at radius 2 is 0.877 bits per heavy atom. The summed E-state index contributed by atoms with van der Waals surface area (Å²) in [7, 11) is 0. The normalized spacial score (nSPS) is 15.5. The Morgan fingerprint density at radius 1 is 0.538 bits per heavy atom. The molecule has 15 heteroatoms. The molecular formula is C50H86N2O12Zn. The van der Waals surface area contributed by atoms with Crippen LogP contribution in [0.1, 0.15) is 137 Å². The van der Waals surface area contributed by atoms with Crippen LogP contribution in [0, 0.1) is 12.8 Å². The molecule has 0 aliphatic carbocycles. The van der Waals surface area contributed by atoms with E-state index < -0.39 is 60.4 Å². The van der Waals surface area contributed by atoms with E-state index in [0.717, 1.165) is 77.2 Å². The molecule has 0 heterocycles. The standard InChI is InChI=1S/C20H32O5.C20H34O3.C7H14NO2.C3H6NO2.Zn/c1-2-3-8-12-17(21)13-9-6-4-5-7-10-14-18(22)19(23)15-11-16-20(24)25;1-3-5-11-14-18(21)15-12-9-7-8-10-13-17-20(23)19(22)16-6-4-2;1-6(7(9)10)4-2-3-5-8;1-2(4)3(5)6;/h4-7,9-10,13-14,17-19,21-23H,2-3,8,11-12,15-16H2,1H3,(H,24,25);7-10,12-13,15,17-23H,3-6,11,14,16H2,1-2H3;6H,1-5,8H2,(H,9,10);2,4H,1H3,(H,5,6);/q;;2*-1;+2/b6-4-,7-5+,13-9+,14-10+;9-7-,10-8+,15-12+,17-13+;;;/t17-,18+,19-;18-,19-,20+;6-;2-;/m0000./s1. The number of nitrogens with one attached hydrogen (secondary N) is 1. The average molecular weight is 973 g/mol. The summed E-state index contributed by atoms with van der Waals surface area (Å²) in [5.41, 5.74) is 10.1. The number of allylic oxidation sites excluding steroid dienone is 12. The topological polar surface area (TPSA) is 288 Å². The molecule has 8 atom stereocenters. The molecule has 0 aliphatic rings. The minimum atomic E-state index is -1.16. The minimum Gasteiger partial charge on any atom is -0.666 e. The maximum atomic E-state index is 10.3. The first-order valence-electron chi connectivity index (χ1n) is 22.8. The molecule has 12 N–H and O–H groups in total. The smallest absolute Gasteiger partial charge is 0.666 e. The first kappa shape index (κ1) is 70.6. The number of carboxylic acids is 3. The van der Waals surface area contributed by atoms with E-state index in [4.69, 9.17) is 15.9 Å². The van der Waals surface area contributed by atoms with Gasteiger partial charge in [-0.3, -0.25) is 9.59 Å². The third kappa shape index (κ3) is 58.6. The molecule has 0 radical (unpaired) electrons. The first-order valence-corrected chi connectivity index (χ1v) is 22.8. The first-order chi connectivity index (χ1) is 30.4. The minimum absolute atomic E-state index is 0. The maximum Gasteiger partial charge on any atom is 2.00 e. The second kappa shape index (κ2) is 53.3. The number of quaternary nitrogens is 1. The van der Waals surface area contributed by atoms with Crippen LogP contribution in [0.25, 0.3) is 5.73 Å². The monoisotopic (exact) mass is 971 g/mol. The molecule has 0 aliphatic heterocycles. The van der Waals surface area contributed by atoms with Crippen molar-refractivity contribution in [3.8, 4) is 0 Å². The van der Waals surface area contributed by atoms with Crippen LogP contribution >= 0.6 is 0 Å². The molecule has 0 fully saturated rings. The fourth-order valence-electron chi connectivity index (χ4n) is 4.81. The molecule has 0 bridgehead atoms. The van der Waals surface area contributed by atoms with Gasteiger partial charge >= 0.3 is 19.5 Å². The van der Waals surface area contributed by atoms with E-state index in [1.165, 1.54) is 19.4 Å². The van der Waals surface area contributed by atoms with Crippen molar-refractivity contribution >= 4 is 17.9 Å². The van der Waals surface area contributed by atoms with Crippen LogP contribution in [0.4, 0.5) is 0 Å². The average Bonchev–Trinajstić information content (AvgIpc) is 3.25. The third-order valence-electron chi connectivity index (χ3n) is 8.90. The molecule has 65 heavy (non-hydrogen) atoms. The zero-order chi connectivity index (χ0) is 49.4. The van der Waals surface area contributed by atoms with E-state index in [-0.39, 0.29) is 44.8 Å². The predicted molar refractivity (Wildman–Crippen MR) is 255 cm³/mol. The van der Waals surface area contributed by atoms with E-state index in [1.54, 1.807) is 66.8 Å². The number of carboxylic acid groups (broad SMARTS) is 3. The quantitative estimate of drug-likeness (QED) is 0.0152. The number of unbranched alkanes of at least 4 members (excludes halogenated alkanes) is 6. The third-order valence-corrected chi connectivity index (χ3v) is 8.90. The van der Waals surface area contributed by atoms with Gasteiger partial charge in [0, 0.05) is 5.97 Å². The molecule has 0 aromatic rings. The number of rotatable bonds is 33. The zero-order valence-corrected chi connectivity index (χ0v) is 42.9. The summed E-state index contributed by atoms with van der Waals surface area (Å²) in [5.74, 6) is -3.47. The van der Waals surface area contributed by atoms with Gasteiger partial charge in [-0.25, -0.2) is 0 Å². The number of aliphatic hydroxyl groups excluding tert-OH is 6. The van der Waals surface area contributed by atoms with Crippen molar-refractivity contribution in [3.63, 3.8) is 0 Å². The Morgan fingerprint density at radius 3 is 1.20 bits per heavy atom. The Bertz CT molecular complexity index is 1350. The van der Waals surface area contributed by atoms with Gasteiger partial charge in [0.15, 0.2) is 0 Å². The van der Waals surface area contributed by atoms with Gasteiger partial charge in [0.1, 0.15) is 0 Å². The molecule has 0 aromatic heterocycles. The Labute approximate surface area is 403 Å². The van der Waals surface area contributed by atoms with Crippen molar-refractivity contribution in [1.29, 1.82) is 0 Å². The van der Waals surface area contributed by atoms with Gasteiger partial charge in [0.2, 0.25) is 0 Å². The zero-order valence-electron chi connectivity index (χ0n) is 39.9. The van der Waals surface area contributed by atoms with Crippen LogP contribution in [-0.2, 0) is 33.9 Å². The number of carbonyl (C=O) groups excluding carboxylic acids is 1. The second-order valence-electron chi connectivity index (χ2n) is 15.2. The van der Waals surface area contributed by atoms with Crippen LogP contribution < -0.4 is 10.8 Å². The number of aliphatic hydroxyl groups is 6. The molecule has 370 valence electrons. The SMILES string of the molecule is CCCCC[C@H](O)/C=C/C=C\C=C\C=C\[C@@H](O)[C@@H](O)CCCC.CCCCC[C@H](O)/C=C/C=C\C=C\C=C\[C@@H](O)[C@@H](O)CCCC(=O)[O-].C[C@H]([NH-])C(=O)O.[CH2-][C@@H](CCCC[NH3+])C(=O)O.[Zn+2]. The van der Waals surface area contributed by atoms with E-state index in [0.29, 0.717) is 12.8 Å². The molecule has 0 saturated carbocycles. The van der Waals surface area contributed by atoms with Gasteiger partial charge in [0.05, 0.1) is 43.2 Å². The Kier molecular flexibility index (Phi) is 57.9. The van der Waals surface area contributed by atoms with E-state index in [2.05, 4.69) is 33.4 Å². The van der Waals surface area contributed by atoms with Crippen LogP contribution in [0.5, 0.6) is 0 Å². The van der Waals surface area contributed by atoms with Crippen LogP contribution in [0.2, 0.25) is 0 Å². The summed E-state index contributed by atoms with van der Waals surface area (Å²) in [6.45, 7) is 12.0. The maximum absolute atomic E-state index is 10.3. The molecule has 0 aromatic carbocycles. The Hall–Kier alpha value is -3.37. The fraction of sp³-hybridized carbons (Fsp3) is 0.600. The van der Waals surface area contributed by atoms with Crippen molar-refractivity contribution in [2.24, 2.45) is 5.92 Å². The number of carbonyl (C=O) groups is 3. The summed E-state index contributed by atoms with van der Waals surface area (Å²) in [5, 5.41) is 84.6. The summed E-state index contributed by atoms with van der Waals surface area (Å²) in [6, 6.07) is -0.981. The predicted octanol–water partition coefficient (Wildman–Crippen LogP) is 6.30. The van der Waals surface area contributed by atoms with E-state index in [1.807, 2.05) is 24.3 Å². The number of aliphatic carboxylic acids is 3. The molecule has 14 nitrogen and oxygen atoms in total. The van der Waals surface area contributed by atoms with Crippen molar-refractivity contribution in [3.05, 3.63) is 110 Å². The second-order valence-corrected chi connectivity index (χ2v) is 15.2. The van der Waals surface area contributed by atoms with Crippen molar-refractivity contribution < 1.29 is 85.6 Å². The molecule has 0 spiro atoms. The van der Waals surface area contributed by atoms with Gasteiger partial charge < -0.3 is 69.1 Å². The van der Waals surface area contributed by atoms with Crippen LogP contribution in [0.3, 0.4) is 0 Å². The molecule has 0 rings (SSSR count). The van der Waals surface area contributed by atoms with E-state index >= 15 is 0 Å². The molecule has 0 unspecified atom stereocenters. The summed E-state index contributed by atoms with van der Waals surface area (Å²) >= 11 is 0. The summed E-state index contributed by atoms with van der Waals surface area (Å²) in [4.78, 5) is 30.0. The summed E-state index contributed by atoms with van der Waals surface area (Å²) < 4.78 is 0. The van der Waals surface area contributed by atoms with Gasteiger partial charge in [-0.05, 0) is 57.4 Å². The van der Waals surface area contributed by atoms with E-state index in [9.17, 15) is 50.1 Å². The van der Waals surface area contributed by atoms with Gasteiger partial charge in [-0.1, -0.05) is 189 Å². The van der Waals surface area contributed by atoms with Crippen molar-refractivity contribution in [1.82, 2.24) is 0 Å². The van der Waals surface area contributed by atoms with Crippen LogP contribution in [0.15, 0.2) is 97.2 Å². The number of hydrogen-bond acceptors (Lipinski definition) is 10. The molecule has 0 amide bonds. The van der Waals surface area contributed by atoms with Crippen molar-refractivity contribution in [2.45, 2.75) is 180 Å². The van der Waals surface area contributed by atoms with Crippen LogP contribution in [-0.4, -0.2) is 108 Å². The fourth-order valence-corrected chi connectivity index (χ4v) is 4.81. The number of hydrogen-bond donors (Lipinski definition) is 9. The van der Waals surface area contributed by atoms with Gasteiger partial charge in [-0.15, -0.1) is 0 Å². The van der Waals surface area contributed by atoms with Gasteiger partial charge in [-0.2, -0.15) is 0 Å². The van der Waals surface area contributed by atoms with Gasteiger partial charge in [0.25, 0.3) is 11.9 Å². The Balaban J connectivity index is -0.000000274. The molecule has 0 saturated heterocycles.